The molecule has 1 amide bonds. The van der Waals surface area contributed by atoms with Crippen LogP contribution in [0.3, 0.4) is 0 Å². The number of anilines is 1. The van der Waals surface area contributed by atoms with E-state index < -0.39 is 17.7 Å². The van der Waals surface area contributed by atoms with Gasteiger partial charge >= 0.3 is 5.91 Å². The number of hydrogen-bond acceptors (Lipinski definition) is 6. The van der Waals surface area contributed by atoms with Crippen molar-refractivity contribution in [3.8, 4) is 5.75 Å². The zero-order valence-electron chi connectivity index (χ0n) is 19.0. The lowest BCUT2D eigenvalue weighted by atomic mass is 9.85. The highest BCUT2D eigenvalue weighted by molar-refractivity contribution is 7.14. The number of ketones is 1. The molecule has 2 aromatic carbocycles. The Morgan fingerprint density at radius 1 is 1.15 bits per heavy atom. The van der Waals surface area contributed by atoms with Gasteiger partial charge in [0.05, 0.1) is 18.2 Å². The van der Waals surface area contributed by atoms with Gasteiger partial charge in [0.25, 0.3) is 5.78 Å². The van der Waals surface area contributed by atoms with Crippen LogP contribution in [0.2, 0.25) is 0 Å². The fourth-order valence-electron chi connectivity index (χ4n) is 3.90. The lowest BCUT2D eigenvalue weighted by Crippen LogP contribution is -2.29. The molecule has 0 bridgehead atoms. The summed E-state index contributed by atoms with van der Waals surface area (Å²) in [5, 5.41) is 13.4. The Kier molecular flexibility index (Phi) is 6.08. The quantitative estimate of drug-likeness (QED) is 0.309. The maximum atomic E-state index is 13.2. The van der Waals surface area contributed by atoms with E-state index in [1.165, 1.54) is 16.2 Å². The van der Waals surface area contributed by atoms with Gasteiger partial charge in [0, 0.05) is 17.1 Å². The maximum Gasteiger partial charge on any atom is 0.301 e. The molecule has 0 aliphatic carbocycles. The average Bonchev–Trinajstić information content (AvgIpc) is 3.40. The number of aromatic nitrogens is 1. The minimum absolute atomic E-state index is 0.0346. The van der Waals surface area contributed by atoms with Gasteiger partial charge in [0.1, 0.15) is 11.5 Å². The smallest absolute Gasteiger partial charge is 0.301 e. The van der Waals surface area contributed by atoms with E-state index in [1.807, 2.05) is 31.2 Å². The molecule has 1 aromatic heterocycles. The van der Waals surface area contributed by atoms with Crippen molar-refractivity contribution in [3.63, 3.8) is 0 Å². The molecular formula is C26H26N2O4S. The normalized spacial score (nSPS) is 18.1. The summed E-state index contributed by atoms with van der Waals surface area (Å²) in [6.45, 7) is 8.70. The SMILES string of the molecule is CCOc1cccc(C(O)=C2C(=O)C(=O)N(c3nccs3)C2c2ccc(C(C)(C)C)cc2)c1. The lowest BCUT2D eigenvalue weighted by Gasteiger charge is -2.24. The van der Waals surface area contributed by atoms with Crippen LogP contribution in [-0.4, -0.2) is 28.4 Å². The Morgan fingerprint density at radius 3 is 2.48 bits per heavy atom. The zero-order chi connectivity index (χ0) is 23.8. The highest BCUT2D eigenvalue weighted by Crippen LogP contribution is 2.43. The second-order valence-electron chi connectivity index (χ2n) is 8.82. The molecule has 0 saturated carbocycles. The van der Waals surface area contributed by atoms with Gasteiger partial charge in [-0.3, -0.25) is 14.5 Å². The van der Waals surface area contributed by atoms with Crippen LogP contribution in [0.5, 0.6) is 5.75 Å². The van der Waals surface area contributed by atoms with Crippen LogP contribution < -0.4 is 9.64 Å². The minimum atomic E-state index is -0.791. The number of hydrogen-bond donors (Lipinski definition) is 1. The molecule has 3 aromatic rings. The number of nitrogens with zero attached hydrogens (tertiary/aromatic N) is 2. The predicted octanol–water partition coefficient (Wildman–Crippen LogP) is 5.47. The first-order valence-electron chi connectivity index (χ1n) is 10.8. The molecule has 1 N–H and O–H groups in total. The molecule has 2 heterocycles. The van der Waals surface area contributed by atoms with Crippen molar-refractivity contribution >= 4 is 33.9 Å². The van der Waals surface area contributed by atoms with E-state index in [0.717, 1.165) is 11.1 Å². The standard InChI is InChI=1S/C26H26N2O4S/c1-5-32-19-8-6-7-17(15-19)22(29)20-21(16-9-11-18(12-10-16)26(2,3)4)28(24(31)23(20)30)25-27-13-14-33-25/h6-15,21,29H,5H2,1-4H3. The molecular weight excluding hydrogens is 436 g/mol. The highest BCUT2D eigenvalue weighted by atomic mass is 32.1. The average molecular weight is 463 g/mol. The number of ether oxygens (including phenoxy) is 1. The third-order valence-electron chi connectivity index (χ3n) is 5.58. The number of aliphatic hydroxyl groups excluding tert-OH is 1. The van der Waals surface area contributed by atoms with Crippen LogP contribution in [-0.2, 0) is 15.0 Å². The van der Waals surface area contributed by atoms with Crippen LogP contribution in [0.1, 0.15) is 50.4 Å². The van der Waals surface area contributed by atoms with Crippen molar-refractivity contribution in [1.29, 1.82) is 0 Å². The van der Waals surface area contributed by atoms with Gasteiger partial charge in [0.2, 0.25) is 0 Å². The number of rotatable bonds is 5. The molecule has 1 fully saturated rings. The van der Waals surface area contributed by atoms with Crippen LogP contribution >= 0.6 is 11.3 Å². The van der Waals surface area contributed by atoms with Gasteiger partial charge in [-0.25, -0.2) is 4.98 Å². The molecule has 7 heteroatoms. The van der Waals surface area contributed by atoms with Crippen molar-refractivity contribution in [1.82, 2.24) is 4.98 Å². The number of aliphatic hydroxyl groups is 1. The molecule has 0 radical (unpaired) electrons. The molecule has 1 aliphatic rings. The van der Waals surface area contributed by atoms with Gasteiger partial charge < -0.3 is 9.84 Å². The number of amides is 1. The summed E-state index contributed by atoms with van der Waals surface area (Å²) < 4.78 is 5.54. The van der Waals surface area contributed by atoms with Crippen molar-refractivity contribution in [2.75, 3.05) is 11.5 Å². The Hall–Kier alpha value is -3.45. The van der Waals surface area contributed by atoms with Gasteiger partial charge in [-0.15, -0.1) is 11.3 Å². The van der Waals surface area contributed by atoms with Crippen LogP contribution in [0.25, 0.3) is 5.76 Å². The summed E-state index contributed by atoms with van der Waals surface area (Å²) in [7, 11) is 0. The van der Waals surface area contributed by atoms with Crippen molar-refractivity contribution < 1.29 is 19.4 Å². The van der Waals surface area contributed by atoms with E-state index in [1.54, 1.807) is 35.8 Å². The first-order valence-corrected chi connectivity index (χ1v) is 11.6. The fraction of sp³-hybridized carbons (Fsp3) is 0.269. The molecule has 6 nitrogen and oxygen atoms in total. The Bertz CT molecular complexity index is 1210. The summed E-state index contributed by atoms with van der Waals surface area (Å²) in [6, 6.07) is 13.9. The van der Waals surface area contributed by atoms with E-state index in [2.05, 4.69) is 25.8 Å². The largest absolute Gasteiger partial charge is 0.507 e. The fourth-order valence-corrected chi connectivity index (χ4v) is 4.57. The van der Waals surface area contributed by atoms with E-state index in [0.29, 0.717) is 23.1 Å². The van der Waals surface area contributed by atoms with Crippen LogP contribution in [0.4, 0.5) is 5.13 Å². The van der Waals surface area contributed by atoms with Crippen LogP contribution in [0.15, 0.2) is 65.7 Å². The van der Waals surface area contributed by atoms with E-state index >= 15 is 0 Å². The van der Waals surface area contributed by atoms with Gasteiger partial charge in [-0.05, 0) is 35.6 Å². The molecule has 33 heavy (non-hydrogen) atoms. The summed E-state index contributed by atoms with van der Waals surface area (Å²) in [5.41, 5.74) is 2.25. The lowest BCUT2D eigenvalue weighted by molar-refractivity contribution is -0.132. The first-order chi connectivity index (χ1) is 15.7. The summed E-state index contributed by atoms with van der Waals surface area (Å²) in [6.07, 6.45) is 1.59. The summed E-state index contributed by atoms with van der Waals surface area (Å²) in [5.74, 6) is -1.12. The Morgan fingerprint density at radius 2 is 1.88 bits per heavy atom. The molecule has 0 spiro atoms. The third kappa shape index (κ3) is 4.28. The summed E-state index contributed by atoms with van der Waals surface area (Å²) in [4.78, 5) is 31.9. The van der Waals surface area contributed by atoms with Gasteiger partial charge in [-0.1, -0.05) is 57.2 Å². The first kappa shape index (κ1) is 22.7. The number of benzene rings is 2. The minimum Gasteiger partial charge on any atom is -0.507 e. The van der Waals surface area contributed by atoms with Crippen molar-refractivity contribution in [3.05, 3.63) is 82.4 Å². The highest BCUT2D eigenvalue weighted by Gasteiger charge is 2.48. The third-order valence-corrected chi connectivity index (χ3v) is 6.35. The van der Waals surface area contributed by atoms with E-state index in [-0.39, 0.29) is 16.7 Å². The Balaban J connectivity index is 1.89. The molecule has 170 valence electrons. The monoisotopic (exact) mass is 462 g/mol. The van der Waals surface area contributed by atoms with E-state index in [9.17, 15) is 14.7 Å². The molecule has 1 saturated heterocycles. The second kappa shape index (κ2) is 8.83. The number of carbonyl (C=O) groups excluding carboxylic acids is 2. The topological polar surface area (TPSA) is 79.7 Å². The molecule has 1 atom stereocenters. The molecule has 1 aliphatic heterocycles. The van der Waals surface area contributed by atoms with Crippen molar-refractivity contribution in [2.45, 2.75) is 39.2 Å². The van der Waals surface area contributed by atoms with Gasteiger partial charge in [0.15, 0.2) is 5.13 Å². The zero-order valence-corrected chi connectivity index (χ0v) is 19.8. The summed E-state index contributed by atoms with van der Waals surface area (Å²) >= 11 is 1.27. The molecule has 4 rings (SSSR count). The Labute approximate surface area is 197 Å². The van der Waals surface area contributed by atoms with Crippen LogP contribution in [0, 0.1) is 0 Å². The molecule has 1 unspecified atom stereocenters. The number of Topliss-reactive ketones (excluding diaryl/α,β-unsaturated/α-hetero) is 1. The number of thiazole rings is 1. The van der Waals surface area contributed by atoms with Crippen molar-refractivity contribution in [2.24, 2.45) is 0 Å². The van der Waals surface area contributed by atoms with Gasteiger partial charge in [-0.2, -0.15) is 0 Å². The predicted molar refractivity (Wildman–Crippen MR) is 130 cm³/mol. The second-order valence-corrected chi connectivity index (χ2v) is 9.69. The van der Waals surface area contributed by atoms with E-state index in [4.69, 9.17) is 4.74 Å². The maximum absolute atomic E-state index is 13.2. The number of carbonyl (C=O) groups is 2.